The van der Waals surface area contributed by atoms with E-state index in [4.69, 9.17) is 14.6 Å². The Morgan fingerprint density at radius 3 is 1.80 bits per heavy atom. The van der Waals surface area contributed by atoms with Crippen molar-refractivity contribution in [1.29, 1.82) is 0 Å². The first-order valence-corrected chi connectivity index (χ1v) is 8.16. The summed E-state index contributed by atoms with van der Waals surface area (Å²) in [4.78, 5) is 0. The minimum Gasteiger partial charge on any atom is -0.396 e. The average molecular weight is 286 g/mol. The van der Waals surface area contributed by atoms with Gasteiger partial charge in [0.25, 0.3) is 0 Å². The van der Waals surface area contributed by atoms with Crippen molar-refractivity contribution >= 4 is 0 Å². The van der Waals surface area contributed by atoms with Gasteiger partial charge in [-0.05, 0) is 32.1 Å². The summed E-state index contributed by atoms with van der Waals surface area (Å²) in [6, 6.07) is 0. The number of rotatable bonds is 15. The fourth-order valence-corrected chi connectivity index (χ4v) is 2.28. The van der Waals surface area contributed by atoms with E-state index in [-0.39, 0.29) is 12.9 Å². The molecule has 1 N–H and O–H groups in total. The lowest BCUT2D eigenvalue weighted by molar-refractivity contribution is -0.107. The van der Waals surface area contributed by atoms with Crippen LogP contribution in [0.4, 0.5) is 0 Å². The van der Waals surface area contributed by atoms with Crippen molar-refractivity contribution in [3.05, 3.63) is 12.2 Å². The van der Waals surface area contributed by atoms with Crippen LogP contribution >= 0.6 is 0 Å². The molecule has 3 nitrogen and oxygen atoms in total. The van der Waals surface area contributed by atoms with Gasteiger partial charge in [-0.25, -0.2) is 0 Å². The summed E-state index contributed by atoms with van der Waals surface area (Å²) < 4.78 is 10.3. The zero-order valence-corrected chi connectivity index (χ0v) is 13.5. The molecule has 0 aliphatic rings. The number of hydrogen-bond donors (Lipinski definition) is 1. The lowest BCUT2D eigenvalue weighted by atomic mass is 10.1. The van der Waals surface area contributed by atoms with Crippen molar-refractivity contribution in [1.82, 2.24) is 0 Å². The van der Waals surface area contributed by atoms with Crippen molar-refractivity contribution in [3.8, 4) is 0 Å². The van der Waals surface area contributed by atoms with E-state index in [2.05, 4.69) is 12.2 Å². The van der Waals surface area contributed by atoms with Crippen LogP contribution in [0.5, 0.6) is 0 Å². The van der Waals surface area contributed by atoms with E-state index < -0.39 is 0 Å². The zero-order chi connectivity index (χ0) is 14.9. The van der Waals surface area contributed by atoms with Gasteiger partial charge in [0.2, 0.25) is 0 Å². The van der Waals surface area contributed by atoms with Crippen LogP contribution in [0.1, 0.15) is 70.6 Å². The summed E-state index contributed by atoms with van der Waals surface area (Å²) in [7, 11) is 3.40. The molecule has 0 spiro atoms. The van der Waals surface area contributed by atoms with Gasteiger partial charge in [-0.3, -0.25) is 0 Å². The second-order valence-electron chi connectivity index (χ2n) is 5.29. The molecule has 0 aromatic carbocycles. The molecule has 0 unspecified atom stereocenters. The van der Waals surface area contributed by atoms with Crippen molar-refractivity contribution < 1.29 is 14.6 Å². The predicted molar refractivity (Wildman–Crippen MR) is 84.8 cm³/mol. The predicted octanol–water partition coefficient (Wildman–Crippen LogP) is 4.44. The Bertz CT molecular complexity index is 200. The number of allylic oxidation sites excluding steroid dienone is 1. The highest BCUT2D eigenvalue weighted by Gasteiger charge is 2.03. The van der Waals surface area contributed by atoms with E-state index in [1.54, 1.807) is 14.2 Å². The summed E-state index contributed by atoms with van der Waals surface area (Å²) in [6.07, 6.45) is 17.7. The van der Waals surface area contributed by atoms with Crippen LogP contribution in [-0.4, -0.2) is 32.2 Å². The van der Waals surface area contributed by atoms with Crippen molar-refractivity contribution in [2.24, 2.45) is 0 Å². The number of ether oxygens (including phenoxy) is 2. The summed E-state index contributed by atoms with van der Waals surface area (Å²) >= 11 is 0. The van der Waals surface area contributed by atoms with Crippen LogP contribution in [0.25, 0.3) is 0 Å². The van der Waals surface area contributed by atoms with E-state index >= 15 is 0 Å². The third-order valence-electron chi connectivity index (χ3n) is 3.55. The highest BCUT2D eigenvalue weighted by molar-refractivity contribution is 4.80. The normalized spacial score (nSPS) is 11.8. The standard InChI is InChI=1S/C17H34O3/c1-19-17(20-2)15-13-11-9-7-5-3-4-6-8-10-12-14-16-18/h10,12,17-18H,3-9,11,13-16H2,1-2H3/b12-10+. The topological polar surface area (TPSA) is 38.7 Å². The van der Waals surface area contributed by atoms with Gasteiger partial charge in [-0.15, -0.1) is 0 Å². The molecule has 0 atom stereocenters. The van der Waals surface area contributed by atoms with Crippen LogP contribution in [-0.2, 0) is 9.47 Å². The van der Waals surface area contributed by atoms with Crippen LogP contribution in [0.3, 0.4) is 0 Å². The molecule has 0 heterocycles. The van der Waals surface area contributed by atoms with E-state index in [1.807, 2.05) is 0 Å². The second kappa shape index (κ2) is 16.7. The molecule has 0 radical (unpaired) electrons. The fraction of sp³-hybridized carbons (Fsp3) is 0.882. The Labute approximate surface area is 125 Å². The minimum atomic E-state index is -0.0195. The number of aliphatic hydroxyl groups excluding tert-OH is 1. The maximum atomic E-state index is 8.62. The van der Waals surface area contributed by atoms with Gasteiger partial charge in [0.15, 0.2) is 6.29 Å². The molecule has 0 aliphatic heterocycles. The maximum Gasteiger partial charge on any atom is 0.156 e. The first-order valence-electron chi connectivity index (χ1n) is 8.16. The average Bonchev–Trinajstić information content (AvgIpc) is 2.48. The molecule has 0 bridgehead atoms. The van der Waals surface area contributed by atoms with Gasteiger partial charge in [0.1, 0.15) is 0 Å². The Morgan fingerprint density at radius 1 is 0.750 bits per heavy atom. The lowest BCUT2D eigenvalue weighted by Gasteiger charge is -2.12. The van der Waals surface area contributed by atoms with Gasteiger partial charge < -0.3 is 14.6 Å². The summed E-state index contributed by atoms with van der Waals surface area (Å²) in [6.45, 7) is 0.270. The van der Waals surface area contributed by atoms with Crippen molar-refractivity contribution in [2.45, 2.75) is 76.9 Å². The number of aliphatic hydroxyl groups is 1. The molecule has 0 amide bonds. The molecule has 0 aromatic heterocycles. The molecule has 120 valence electrons. The maximum absolute atomic E-state index is 8.62. The second-order valence-corrected chi connectivity index (χ2v) is 5.29. The molecule has 0 aromatic rings. The van der Waals surface area contributed by atoms with Gasteiger partial charge in [-0.1, -0.05) is 50.7 Å². The van der Waals surface area contributed by atoms with E-state index in [0.717, 1.165) is 19.3 Å². The Morgan fingerprint density at radius 2 is 1.25 bits per heavy atom. The van der Waals surface area contributed by atoms with Crippen molar-refractivity contribution in [2.75, 3.05) is 20.8 Å². The van der Waals surface area contributed by atoms with E-state index in [9.17, 15) is 0 Å². The van der Waals surface area contributed by atoms with Crippen molar-refractivity contribution in [3.63, 3.8) is 0 Å². The Hall–Kier alpha value is -0.380. The molecule has 0 saturated heterocycles. The highest BCUT2D eigenvalue weighted by Crippen LogP contribution is 2.12. The largest absolute Gasteiger partial charge is 0.396 e. The van der Waals surface area contributed by atoms with E-state index in [1.165, 1.54) is 51.4 Å². The molecule has 0 aliphatic carbocycles. The van der Waals surface area contributed by atoms with E-state index in [0.29, 0.717) is 0 Å². The number of hydrogen-bond acceptors (Lipinski definition) is 3. The molecule has 0 fully saturated rings. The number of methoxy groups -OCH3 is 2. The monoisotopic (exact) mass is 286 g/mol. The summed E-state index contributed by atoms with van der Waals surface area (Å²) in [5, 5.41) is 8.62. The zero-order valence-electron chi connectivity index (χ0n) is 13.5. The van der Waals surface area contributed by atoms with Crippen LogP contribution in [0.2, 0.25) is 0 Å². The lowest BCUT2D eigenvalue weighted by Crippen LogP contribution is -2.12. The van der Waals surface area contributed by atoms with Gasteiger partial charge in [0, 0.05) is 20.8 Å². The van der Waals surface area contributed by atoms with Gasteiger partial charge >= 0.3 is 0 Å². The molecular formula is C17H34O3. The number of unbranched alkanes of at least 4 members (excludes halogenated alkanes) is 8. The highest BCUT2D eigenvalue weighted by atomic mass is 16.7. The van der Waals surface area contributed by atoms with Crippen LogP contribution in [0.15, 0.2) is 12.2 Å². The summed E-state index contributed by atoms with van der Waals surface area (Å²) in [5.41, 5.74) is 0. The minimum absolute atomic E-state index is 0.0195. The van der Waals surface area contributed by atoms with Gasteiger partial charge in [0.05, 0.1) is 0 Å². The molecule has 3 heteroatoms. The summed E-state index contributed by atoms with van der Waals surface area (Å²) in [5.74, 6) is 0. The first kappa shape index (κ1) is 19.6. The molecule has 20 heavy (non-hydrogen) atoms. The quantitative estimate of drug-likeness (QED) is 0.275. The molecule has 0 rings (SSSR count). The Balaban J connectivity index is 3.09. The fourth-order valence-electron chi connectivity index (χ4n) is 2.28. The molecule has 0 saturated carbocycles. The third kappa shape index (κ3) is 14.0. The first-order chi connectivity index (χ1) is 9.85. The van der Waals surface area contributed by atoms with Crippen LogP contribution < -0.4 is 0 Å². The van der Waals surface area contributed by atoms with Crippen LogP contribution in [0, 0.1) is 0 Å². The van der Waals surface area contributed by atoms with Gasteiger partial charge in [-0.2, -0.15) is 0 Å². The smallest absolute Gasteiger partial charge is 0.156 e. The third-order valence-corrected chi connectivity index (χ3v) is 3.55. The molecular weight excluding hydrogens is 252 g/mol. The SMILES string of the molecule is COC(CCCCCCCCCC/C=C/CCO)OC. The Kier molecular flexibility index (Phi) is 16.4.